The quantitative estimate of drug-likeness (QED) is 0.681. The van der Waals surface area contributed by atoms with Gasteiger partial charge >= 0.3 is 5.97 Å². The van der Waals surface area contributed by atoms with E-state index in [0.29, 0.717) is 12.1 Å². The molecular formula is C10H9N3O4. The molecule has 0 saturated carbocycles. The Morgan fingerprint density at radius 3 is 2.65 bits per heavy atom. The van der Waals surface area contributed by atoms with Gasteiger partial charge in [-0.25, -0.2) is 4.79 Å². The van der Waals surface area contributed by atoms with Crippen molar-refractivity contribution in [2.24, 2.45) is 0 Å². The summed E-state index contributed by atoms with van der Waals surface area (Å²) in [7, 11) is 0. The number of imide groups is 1. The van der Waals surface area contributed by atoms with Gasteiger partial charge in [0.15, 0.2) is 5.69 Å². The molecule has 1 aliphatic heterocycles. The van der Waals surface area contributed by atoms with Crippen molar-refractivity contribution in [2.45, 2.75) is 18.8 Å². The molecule has 1 aromatic heterocycles. The molecule has 1 atom stereocenters. The molecule has 0 spiro atoms. The van der Waals surface area contributed by atoms with E-state index < -0.39 is 17.8 Å². The van der Waals surface area contributed by atoms with Gasteiger partial charge in [0.25, 0.3) is 0 Å². The lowest BCUT2D eigenvalue weighted by molar-refractivity contribution is -0.134. The summed E-state index contributed by atoms with van der Waals surface area (Å²) in [4.78, 5) is 33.0. The predicted octanol–water partition coefficient (Wildman–Crippen LogP) is -0.305. The zero-order valence-electron chi connectivity index (χ0n) is 8.71. The van der Waals surface area contributed by atoms with Crippen molar-refractivity contribution in [3.63, 3.8) is 0 Å². The Labute approximate surface area is 95.9 Å². The van der Waals surface area contributed by atoms with E-state index in [2.05, 4.69) is 15.5 Å². The largest absolute Gasteiger partial charge is 0.476 e. The molecule has 2 N–H and O–H groups in total. The molecule has 0 bridgehead atoms. The maximum atomic E-state index is 11.5. The van der Waals surface area contributed by atoms with Gasteiger partial charge in [0, 0.05) is 6.42 Å². The number of amides is 2. The molecule has 1 fully saturated rings. The average Bonchev–Trinajstić information content (AvgIpc) is 2.29. The zero-order valence-corrected chi connectivity index (χ0v) is 8.71. The van der Waals surface area contributed by atoms with E-state index in [0.717, 1.165) is 0 Å². The second-order valence-electron chi connectivity index (χ2n) is 3.65. The minimum absolute atomic E-state index is 0.180. The van der Waals surface area contributed by atoms with Crippen LogP contribution in [0.25, 0.3) is 0 Å². The van der Waals surface area contributed by atoms with Crippen molar-refractivity contribution in [1.82, 2.24) is 15.5 Å². The molecular weight excluding hydrogens is 226 g/mol. The zero-order chi connectivity index (χ0) is 12.4. The van der Waals surface area contributed by atoms with Crippen molar-refractivity contribution in [2.75, 3.05) is 0 Å². The van der Waals surface area contributed by atoms with Crippen LogP contribution in [-0.4, -0.2) is 33.1 Å². The molecule has 7 heteroatoms. The number of aromatic carboxylic acids is 1. The Kier molecular flexibility index (Phi) is 2.82. The standard InChI is InChI=1S/C10H9N3O4/c14-8-4-1-5(9(15)11-8)6-2-3-7(10(16)17)13-12-6/h2-3,5H,1,4H2,(H,16,17)(H,11,14,15). The van der Waals surface area contributed by atoms with Crippen LogP contribution in [0.1, 0.15) is 34.9 Å². The van der Waals surface area contributed by atoms with Crippen LogP contribution in [-0.2, 0) is 9.59 Å². The molecule has 7 nitrogen and oxygen atoms in total. The monoisotopic (exact) mass is 235 g/mol. The van der Waals surface area contributed by atoms with Gasteiger partial charge in [-0.05, 0) is 18.6 Å². The third-order valence-electron chi connectivity index (χ3n) is 2.50. The van der Waals surface area contributed by atoms with Crippen molar-refractivity contribution in [1.29, 1.82) is 0 Å². The van der Waals surface area contributed by atoms with E-state index in [4.69, 9.17) is 5.11 Å². The number of rotatable bonds is 2. The number of nitrogens with one attached hydrogen (secondary N) is 1. The topological polar surface area (TPSA) is 109 Å². The first-order valence-corrected chi connectivity index (χ1v) is 4.98. The molecule has 1 unspecified atom stereocenters. The van der Waals surface area contributed by atoms with Gasteiger partial charge in [-0.2, -0.15) is 5.10 Å². The second-order valence-corrected chi connectivity index (χ2v) is 3.65. The van der Waals surface area contributed by atoms with E-state index in [-0.39, 0.29) is 18.0 Å². The summed E-state index contributed by atoms with van der Waals surface area (Å²) in [5, 5.41) is 18.0. The normalized spacial score (nSPS) is 19.9. The summed E-state index contributed by atoms with van der Waals surface area (Å²) < 4.78 is 0. The SMILES string of the molecule is O=C1CCC(c2ccc(C(=O)O)nn2)C(=O)N1. The summed E-state index contributed by atoms with van der Waals surface area (Å²) in [6, 6.07) is 2.73. The van der Waals surface area contributed by atoms with Crippen LogP contribution in [0.3, 0.4) is 0 Å². The Balaban J connectivity index is 2.20. The van der Waals surface area contributed by atoms with E-state index >= 15 is 0 Å². The van der Waals surface area contributed by atoms with Crippen molar-refractivity contribution >= 4 is 17.8 Å². The lowest BCUT2D eigenvalue weighted by Crippen LogP contribution is -2.39. The van der Waals surface area contributed by atoms with E-state index in [1.54, 1.807) is 0 Å². The van der Waals surface area contributed by atoms with Gasteiger partial charge in [0.1, 0.15) is 0 Å². The minimum Gasteiger partial charge on any atom is -0.476 e. The first kappa shape index (κ1) is 11.2. The predicted molar refractivity (Wildman–Crippen MR) is 54.1 cm³/mol. The van der Waals surface area contributed by atoms with Gasteiger partial charge in [0.05, 0.1) is 11.6 Å². The number of hydrogen-bond acceptors (Lipinski definition) is 5. The smallest absolute Gasteiger partial charge is 0.356 e. The number of nitrogens with zero attached hydrogens (tertiary/aromatic N) is 2. The lowest BCUT2D eigenvalue weighted by Gasteiger charge is -2.19. The van der Waals surface area contributed by atoms with Gasteiger partial charge in [-0.1, -0.05) is 0 Å². The number of piperidine rings is 1. The highest BCUT2D eigenvalue weighted by atomic mass is 16.4. The van der Waals surface area contributed by atoms with E-state index in [1.165, 1.54) is 12.1 Å². The van der Waals surface area contributed by atoms with Crippen LogP contribution in [0.2, 0.25) is 0 Å². The summed E-state index contributed by atoms with van der Waals surface area (Å²) in [5.41, 5.74) is 0.195. The third kappa shape index (κ3) is 2.27. The summed E-state index contributed by atoms with van der Waals surface area (Å²) >= 11 is 0. The summed E-state index contributed by atoms with van der Waals surface area (Å²) in [6.45, 7) is 0. The number of hydrogen-bond donors (Lipinski definition) is 2. The Morgan fingerprint density at radius 1 is 1.35 bits per heavy atom. The van der Waals surface area contributed by atoms with Crippen LogP contribution < -0.4 is 5.32 Å². The minimum atomic E-state index is -1.17. The average molecular weight is 235 g/mol. The van der Waals surface area contributed by atoms with Gasteiger partial charge in [0.2, 0.25) is 11.8 Å². The Hall–Kier alpha value is -2.31. The van der Waals surface area contributed by atoms with Crippen molar-refractivity contribution in [3.8, 4) is 0 Å². The molecule has 0 aromatic carbocycles. The number of carbonyl (C=O) groups is 3. The number of carboxylic acids is 1. The van der Waals surface area contributed by atoms with Crippen LogP contribution in [0.4, 0.5) is 0 Å². The van der Waals surface area contributed by atoms with Crippen LogP contribution in [0.5, 0.6) is 0 Å². The Bertz CT molecular complexity index is 483. The molecule has 88 valence electrons. The first-order chi connectivity index (χ1) is 8.08. The van der Waals surface area contributed by atoms with E-state index in [1.807, 2.05) is 0 Å². The molecule has 0 aliphatic carbocycles. The summed E-state index contributed by atoms with van der Waals surface area (Å²) in [5.74, 6) is -2.43. The lowest BCUT2D eigenvalue weighted by atomic mass is 9.94. The van der Waals surface area contributed by atoms with Gasteiger partial charge in [-0.15, -0.1) is 5.10 Å². The maximum absolute atomic E-state index is 11.5. The molecule has 1 aliphatic rings. The fourth-order valence-electron chi connectivity index (χ4n) is 1.62. The first-order valence-electron chi connectivity index (χ1n) is 4.98. The van der Waals surface area contributed by atoms with Gasteiger partial charge in [-0.3, -0.25) is 14.9 Å². The maximum Gasteiger partial charge on any atom is 0.356 e. The Morgan fingerprint density at radius 2 is 2.12 bits per heavy atom. The molecule has 2 amide bonds. The van der Waals surface area contributed by atoms with Gasteiger partial charge < -0.3 is 5.11 Å². The fourth-order valence-corrected chi connectivity index (χ4v) is 1.62. The molecule has 1 aromatic rings. The number of carbonyl (C=O) groups excluding carboxylic acids is 2. The van der Waals surface area contributed by atoms with Crippen LogP contribution in [0, 0.1) is 0 Å². The highest BCUT2D eigenvalue weighted by Crippen LogP contribution is 2.22. The van der Waals surface area contributed by atoms with Crippen molar-refractivity contribution in [3.05, 3.63) is 23.5 Å². The molecule has 2 rings (SSSR count). The van der Waals surface area contributed by atoms with E-state index in [9.17, 15) is 14.4 Å². The van der Waals surface area contributed by atoms with Crippen molar-refractivity contribution < 1.29 is 19.5 Å². The molecule has 0 radical (unpaired) electrons. The molecule has 17 heavy (non-hydrogen) atoms. The third-order valence-corrected chi connectivity index (χ3v) is 2.50. The highest BCUT2D eigenvalue weighted by molar-refractivity contribution is 6.00. The molecule has 1 saturated heterocycles. The molecule has 2 heterocycles. The van der Waals surface area contributed by atoms with Crippen LogP contribution in [0.15, 0.2) is 12.1 Å². The summed E-state index contributed by atoms with van der Waals surface area (Å²) in [6.07, 6.45) is 0.616. The highest BCUT2D eigenvalue weighted by Gasteiger charge is 2.29. The fraction of sp³-hybridized carbons (Fsp3) is 0.300. The second kappa shape index (κ2) is 4.28. The van der Waals surface area contributed by atoms with Crippen LogP contribution >= 0.6 is 0 Å². The number of carboxylic acid groups (broad SMARTS) is 1. The number of aromatic nitrogens is 2.